The zero-order chi connectivity index (χ0) is 62.1. The molecule has 85 heavy (non-hydrogen) atoms. The van der Waals surface area contributed by atoms with Gasteiger partial charge in [-0.3, -0.25) is 14.2 Å². The summed E-state index contributed by atoms with van der Waals surface area (Å²) in [6.45, 7) is 6.86. The maximum Gasteiger partial charge on any atom is 0.306 e. The lowest BCUT2D eigenvalue weighted by atomic mass is 10.0. The Morgan fingerprint density at radius 2 is 0.718 bits per heavy atom. The highest BCUT2D eigenvalue weighted by atomic mass is 31.2. The molecular weight excluding hydrogens is 1070 g/mol. The molecule has 9 nitrogen and oxygen atoms in total. The summed E-state index contributed by atoms with van der Waals surface area (Å²) in [5.41, 5.74) is 0. The van der Waals surface area contributed by atoms with Gasteiger partial charge in [0.25, 0.3) is 7.82 Å². The Balaban J connectivity index is 5.08. The van der Waals surface area contributed by atoms with E-state index >= 15 is 0 Å². The quantitative estimate of drug-likeness (QED) is 0.0212. The van der Waals surface area contributed by atoms with Crippen LogP contribution in [0.5, 0.6) is 0 Å². The van der Waals surface area contributed by atoms with Gasteiger partial charge in [-0.1, -0.05) is 307 Å². The van der Waals surface area contributed by atoms with E-state index in [2.05, 4.69) is 74.7 Å². The molecule has 0 aromatic rings. The number of hydrogen-bond donors (Lipinski definition) is 1. The molecule has 0 fully saturated rings. The molecule has 0 bridgehead atoms. The van der Waals surface area contributed by atoms with Crippen LogP contribution >= 0.6 is 7.82 Å². The fourth-order valence-corrected chi connectivity index (χ4v) is 11.5. The van der Waals surface area contributed by atoms with Crippen molar-refractivity contribution in [3.63, 3.8) is 0 Å². The molecule has 1 N–H and O–H groups in total. The monoisotopic (exact) mass is 1210 g/mol. The number of phosphoric ester groups is 1. The van der Waals surface area contributed by atoms with Crippen molar-refractivity contribution < 1.29 is 37.3 Å². The number of amides is 1. The molecule has 10 heteroatoms. The molecule has 0 aliphatic carbocycles. The van der Waals surface area contributed by atoms with Crippen molar-refractivity contribution in [1.29, 1.82) is 0 Å². The smallest absolute Gasteiger partial charge is 0.306 e. The van der Waals surface area contributed by atoms with Gasteiger partial charge in [0, 0.05) is 12.8 Å². The molecule has 0 saturated carbocycles. The molecule has 0 saturated heterocycles. The third kappa shape index (κ3) is 66.0. The Bertz CT molecular complexity index is 1640. The van der Waals surface area contributed by atoms with Crippen LogP contribution in [0.15, 0.2) is 60.8 Å². The lowest BCUT2D eigenvalue weighted by Crippen LogP contribution is -2.47. The number of hydrogen-bond acceptors (Lipinski definition) is 7. The van der Waals surface area contributed by atoms with Gasteiger partial charge in [0.15, 0.2) is 0 Å². The van der Waals surface area contributed by atoms with E-state index in [0.29, 0.717) is 17.4 Å². The van der Waals surface area contributed by atoms with Crippen molar-refractivity contribution >= 4 is 19.7 Å². The van der Waals surface area contributed by atoms with Gasteiger partial charge in [-0.15, -0.1) is 0 Å². The van der Waals surface area contributed by atoms with Crippen LogP contribution in [-0.2, 0) is 27.9 Å². The summed E-state index contributed by atoms with van der Waals surface area (Å²) in [4.78, 5) is 40.2. The number of nitrogens with zero attached hydrogens (tertiary/aromatic N) is 1. The van der Waals surface area contributed by atoms with E-state index < -0.39 is 20.0 Å². The van der Waals surface area contributed by atoms with Gasteiger partial charge in [0.1, 0.15) is 19.3 Å². The first-order valence-electron chi connectivity index (χ1n) is 36.6. The van der Waals surface area contributed by atoms with Crippen LogP contribution in [0.25, 0.3) is 0 Å². The zero-order valence-corrected chi connectivity index (χ0v) is 58.0. The minimum atomic E-state index is -4.71. The van der Waals surface area contributed by atoms with Crippen molar-refractivity contribution in [2.45, 2.75) is 367 Å². The predicted molar refractivity (Wildman–Crippen MR) is 367 cm³/mol. The molecule has 0 rings (SSSR count). The van der Waals surface area contributed by atoms with Gasteiger partial charge in [-0.2, -0.15) is 0 Å². The van der Waals surface area contributed by atoms with E-state index in [-0.39, 0.29) is 31.5 Å². The van der Waals surface area contributed by atoms with Crippen molar-refractivity contribution in [3.05, 3.63) is 60.8 Å². The van der Waals surface area contributed by atoms with Gasteiger partial charge in [0.2, 0.25) is 5.91 Å². The SMILES string of the molecule is CCCCC/C=C\C/C=C\C/C=C\CCCCCCCCCCCCC(=O)OC(/C=C/CCCCCCCCCCCCC)C(COP(=O)([O-])OCC[N+](C)(C)C)NC(=O)CCCCCCCCCCCCCCC/C=C/CCCCCCCC. The molecule has 1 amide bonds. The average molecular weight is 1210 g/mol. The maximum absolute atomic E-state index is 13.6. The lowest BCUT2D eigenvalue weighted by Gasteiger charge is -2.30. The van der Waals surface area contributed by atoms with Crippen LogP contribution in [0.2, 0.25) is 0 Å². The highest BCUT2D eigenvalue weighted by Gasteiger charge is 2.27. The highest BCUT2D eigenvalue weighted by molar-refractivity contribution is 7.45. The van der Waals surface area contributed by atoms with Gasteiger partial charge in [-0.05, 0) is 96.0 Å². The van der Waals surface area contributed by atoms with E-state index in [1.54, 1.807) is 0 Å². The summed E-state index contributed by atoms with van der Waals surface area (Å²) in [6.07, 6.45) is 83.4. The number of allylic oxidation sites excluding steroid dienone is 9. The standard InChI is InChI=1S/C75H141N2O7P/c1-7-10-13-16-19-22-25-28-30-32-34-36-38-40-42-44-46-49-52-55-58-61-64-67-74(78)76-72(71-83-85(80,81)82-70-69-77(4,5)6)73(66-63-60-57-54-51-48-27-24-21-18-15-12-9-3)84-75(79)68-65-62-59-56-53-50-47-45-43-41-39-37-35-33-31-29-26-23-20-17-14-11-8-2/h20,23,28-31,35,37,63,66,72-73H,7-19,21-22,24-27,32-34,36,38-62,64-65,67-71H2,1-6H3,(H-,76,78,80,81)/b23-20-,30-28+,31-29-,37-35-,66-63+. The van der Waals surface area contributed by atoms with Crippen LogP contribution in [-0.4, -0.2) is 69.4 Å². The van der Waals surface area contributed by atoms with Crippen LogP contribution in [0.1, 0.15) is 355 Å². The number of rotatable bonds is 67. The van der Waals surface area contributed by atoms with E-state index in [1.165, 1.54) is 250 Å². The molecule has 3 atom stereocenters. The Labute approximate surface area is 528 Å². The largest absolute Gasteiger partial charge is 0.756 e. The van der Waals surface area contributed by atoms with Crippen molar-refractivity contribution in [3.8, 4) is 0 Å². The van der Waals surface area contributed by atoms with Gasteiger partial charge >= 0.3 is 5.97 Å². The minimum absolute atomic E-state index is 0.0226. The van der Waals surface area contributed by atoms with E-state index in [1.807, 2.05) is 33.3 Å². The fraction of sp³-hybridized carbons (Fsp3) is 0.840. The van der Waals surface area contributed by atoms with Crippen LogP contribution in [0, 0.1) is 0 Å². The molecule has 498 valence electrons. The molecule has 0 heterocycles. The second-order valence-electron chi connectivity index (χ2n) is 26.1. The third-order valence-electron chi connectivity index (χ3n) is 16.4. The number of carbonyl (C=O) groups is 2. The highest BCUT2D eigenvalue weighted by Crippen LogP contribution is 2.38. The third-order valence-corrected chi connectivity index (χ3v) is 17.4. The number of likely N-dealkylation sites (N-methyl/N-ethyl adjacent to an activating group) is 1. The van der Waals surface area contributed by atoms with Crippen molar-refractivity contribution in [1.82, 2.24) is 5.32 Å². The Morgan fingerprint density at radius 3 is 1.11 bits per heavy atom. The average Bonchev–Trinajstić information content (AvgIpc) is 3.52. The molecule has 0 spiro atoms. The summed E-state index contributed by atoms with van der Waals surface area (Å²) in [5, 5.41) is 3.05. The van der Waals surface area contributed by atoms with Crippen molar-refractivity contribution in [2.24, 2.45) is 0 Å². The second kappa shape index (κ2) is 64.7. The number of carbonyl (C=O) groups excluding carboxylic acids is 2. The van der Waals surface area contributed by atoms with Crippen LogP contribution in [0.4, 0.5) is 0 Å². The first-order valence-corrected chi connectivity index (χ1v) is 38.1. The van der Waals surface area contributed by atoms with E-state index in [0.717, 1.165) is 70.6 Å². The minimum Gasteiger partial charge on any atom is -0.756 e. The molecule has 0 aliphatic heterocycles. The lowest BCUT2D eigenvalue weighted by molar-refractivity contribution is -0.870. The normalized spacial score (nSPS) is 13.8. The van der Waals surface area contributed by atoms with Gasteiger partial charge < -0.3 is 28.5 Å². The molecule has 0 radical (unpaired) electrons. The van der Waals surface area contributed by atoms with E-state index in [9.17, 15) is 19.0 Å². The number of nitrogens with one attached hydrogen (secondary N) is 1. The Kier molecular flexibility index (Phi) is 62.9. The van der Waals surface area contributed by atoms with Gasteiger partial charge in [0.05, 0.1) is 33.8 Å². The maximum atomic E-state index is 13.6. The van der Waals surface area contributed by atoms with Crippen LogP contribution in [0.3, 0.4) is 0 Å². The molecule has 3 unspecified atom stereocenters. The Hall–Kier alpha value is -2.29. The summed E-state index contributed by atoms with van der Waals surface area (Å²) < 4.78 is 30.5. The number of unbranched alkanes of at least 4 members (excludes halogenated alkanes) is 43. The summed E-state index contributed by atoms with van der Waals surface area (Å²) >= 11 is 0. The van der Waals surface area contributed by atoms with Crippen molar-refractivity contribution in [2.75, 3.05) is 40.9 Å². The summed E-state index contributed by atoms with van der Waals surface area (Å²) in [5.74, 6) is -0.531. The number of ether oxygens (including phenoxy) is 1. The van der Waals surface area contributed by atoms with Gasteiger partial charge in [-0.25, -0.2) is 0 Å². The summed E-state index contributed by atoms with van der Waals surface area (Å²) in [7, 11) is 1.19. The first-order chi connectivity index (χ1) is 41.4. The number of quaternary nitrogens is 1. The summed E-state index contributed by atoms with van der Waals surface area (Å²) in [6, 6.07) is -0.891. The molecular formula is C75H141N2O7P. The van der Waals surface area contributed by atoms with Crippen LogP contribution < -0.4 is 10.2 Å². The topological polar surface area (TPSA) is 114 Å². The molecule has 0 aromatic heterocycles. The molecule has 0 aromatic carbocycles. The fourth-order valence-electron chi connectivity index (χ4n) is 10.8. The zero-order valence-electron chi connectivity index (χ0n) is 57.1. The molecule has 0 aliphatic rings. The number of phosphoric acid groups is 1. The predicted octanol–water partition coefficient (Wildman–Crippen LogP) is 22.7. The number of esters is 1. The first kappa shape index (κ1) is 82.7. The Morgan fingerprint density at radius 1 is 0.412 bits per heavy atom. The second-order valence-corrected chi connectivity index (χ2v) is 27.5. The van der Waals surface area contributed by atoms with E-state index in [4.69, 9.17) is 13.8 Å².